The summed E-state index contributed by atoms with van der Waals surface area (Å²) in [6.07, 6.45) is -5.07. The summed E-state index contributed by atoms with van der Waals surface area (Å²) in [6, 6.07) is 0. The summed E-state index contributed by atoms with van der Waals surface area (Å²) in [5.41, 5.74) is 0. The molecular weight excluding hydrogens is 203 g/mol. The lowest BCUT2D eigenvalue weighted by Crippen LogP contribution is -2.42. The molecule has 1 rings (SSSR count). The average Bonchev–Trinajstić information content (AvgIpc) is 2.27. The highest BCUT2D eigenvalue weighted by Crippen LogP contribution is 2.19. The van der Waals surface area contributed by atoms with E-state index in [0.717, 1.165) is 0 Å². The van der Waals surface area contributed by atoms with Crippen LogP contribution in [0.5, 0.6) is 0 Å². The van der Waals surface area contributed by atoms with Crippen molar-refractivity contribution in [1.29, 1.82) is 0 Å². The van der Waals surface area contributed by atoms with Gasteiger partial charge < -0.3 is 9.64 Å². The van der Waals surface area contributed by atoms with E-state index in [0.29, 0.717) is 4.90 Å². The molecule has 0 aromatic carbocycles. The van der Waals surface area contributed by atoms with E-state index >= 15 is 0 Å². The molecule has 0 aromatic rings. The molecule has 1 aliphatic heterocycles. The Bertz CT molecular complexity index is 251. The minimum atomic E-state index is -4.88. The van der Waals surface area contributed by atoms with E-state index in [1.807, 2.05) is 0 Å². The number of nitrogens with zero attached hydrogens (tertiary/aromatic N) is 1. The first kappa shape index (κ1) is 10.8. The molecule has 14 heavy (non-hydrogen) atoms. The molecule has 0 atom stereocenters. The highest BCUT2D eigenvalue weighted by Gasteiger charge is 2.42. The maximum atomic E-state index is 11.9. The summed E-state index contributed by atoms with van der Waals surface area (Å²) in [4.78, 5) is 21.9. The number of ether oxygens (including phenoxy) is 1. The van der Waals surface area contributed by atoms with Crippen molar-refractivity contribution in [3.05, 3.63) is 0 Å². The predicted octanol–water partition coefficient (Wildman–Crippen LogP) is 0.324. The fourth-order valence-electron chi connectivity index (χ4n) is 1.06. The second-order valence-corrected chi connectivity index (χ2v) is 2.76. The molecule has 0 N–H and O–H groups in total. The molecule has 0 aromatic heterocycles. The highest BCUT2D eigenvalue weighted by atomic mass is 19.4. The van der Waals surface area contributed by atoms with E-state index < -0.39 is 18.1 Å². The highest BCUT2D eigenvalue weighted by molar-refractivity contribution is 5.82. The van der Waals surface area contributed by atoms with Gasteiger partial charge in [0.2, 0.25) is 0 Å². The van der Waals surface area contributed by atoms with Crippen LogP contribution in [0.15, 0.2) is 0 Å². The lowest BCUT2D eigenvalue weighted by atomic mass is 10.3. The smallest absolute Gasteiger partial charge is 0.464 e. The van der Waals surface area contributed by atoms with Crippen LogP contribution in [0.1, 0.15) is 6.42 Å². The third kappa shape index (κ3) is 2.61. The zero-order valence-corrected chi connectivity index (χ0v) is 7.13. The van der Waals surface area contributed by atoms with Crippen LogP contribution < -0.4 is 0 Å². The van der Waals surface area contributed by atoms with Crippen LogP contribution in [0.25, 0.3) is 0 Å². The van der Waals surface area contributed by atoms with Gasteiger partial charge in [-0.25, -0.2) is 0 Å². The summed E-state index contributed by atoms with van der Waals surface area (Å²) in [5, 5.41) is 0. The molecule has 0 unspecified atom stereocenters. The van der Waals surface area contributed by atoms with Crippen LogP contribution >= 0.6 is 0 Å². The van der Waals surface area contributed by atoms with E-state index in [2.05, 4.69) is 4.74 Å². The predicted molar refractivity (Wildman–Crippen MR) is 38.2 cm³/mol. The maximum absolute atomic E-state index is 11.9. The molecule has 7 heteroatoms. The molecule has 1 heterocycles. The van der Waals surface area contributed by atoms with Crippen LogP contribution in [0.2, 0.25) is 0 Å². The largest absolute Gasteiger partial charge is 0.471 e. The number of hydrogen-bond donors (Lipinski definition) is 0. The van der Waals surface area contributed by atoms with Crippen LogP contribution in [-0.4, -0.2) is 42.6 Å². The van der Waals surface area contributed by atoms with Crippen molar-refractivity contribution in [3.63, 3.8) is 0 Å². The number of amides is 1. The average molecular weight is 211 g/mol. The summed E-state index contributed by atoms with van der Waals surface area (Å²) in [7, 11) is 0. The summed E-state index contributed by atoms with van der Waals surface area (Å²) in [6.45, 7) is -0.623. The topological polar surface area (TPSA) is 46.6 Å². The van der Waals surface area contributed by atoms with Gasteiger partial charge in [-0.1, -0.05) is 0 Å². The van der Waals surface area contributed by atoms with Crippen LogP contribution in [0, 0.1) is 0 Å². The molecule has 1 fully saturated rings. The van der Waals surface area contributed by atoms with E-state index in [9.17, 15) is 22.8 Å². The first-order valence-corrected chi connectivity index (χ1v) is 3.93. The second-order valence-electron chi connectivity index (χ2n) is 2.76. The summed E-state index contributed by atoms with van der Waals surface area (Å²) < 4.78 is 40.3. The fraction of sp³-hybridized carbons (Fsp3) is 0.714. The van der Waals surface area contributed by atoms with E-state index in [4.69, 9.17) is 0 Å². The number of cyclic esters (lactones) is 1. The molecule has 0 aliphatic carbocycles. The van der Waals surface area contributed by atoms with Crippen LogP contribution in [-0.2, 0) is 14.3 Å². The normalized spacial score (nSPS) is 18.8. The number of alkyl halides is 3. The minimum Gasteiger partial charge on any atom is -0.464 e. The Kier molecular flexibility index (Phi) is 2.97. The van der Waals surface area contributed by atoms with Gasteiger partial charge in [0.05, 0.1) is 13.0 Å². The number of halogens is 3. The van der Waals surface area contributed by atoms with Crippen LogP contribution in [0.3, 0.4) is 0 Å². The van der Waals surface area contributed by atoms with Gasteiger partial charge in [-0.05, 0) is 0 Å². The summed E-state index contributed by atoms with van der Waals surface area (Å²) in [5.74, 6) is -2.50. The van der Waals surface area contributed by atoms with Crippen molar-refractivity contribution < 1.29 is 27.5 Å². The van der Waals surface area contributed by atoms with Gasteiger partial charge in [-0.15, -0.1) is 0 Å². The van der Waals surface area contributed by atoms with E-state index in [-0.39, 0.29) is 26.1 Å². The number of esters is 1. The first-order valence-electron chi connectivity index (χ1n) is 3.93. The van der Waals surface area contributed by atoms with E-state index in [1.165, 1.54) is 0 Å². The number of hydrogen-bond acceptors (Lipinski definition) is 3. The van der Waals surface area contributed by atoms with Gasteiger partial charge in [0.25, 0.3) is 0 Å². The Balaban J connectivity index is 2.60. The molecule has 1 amide bonds. The fourth-order valence-corrected chi connectivity index (χ4v) is 1.06. The quantitative estimate of drug-likeness (QED) is 0.542. The Morgan fingerprint density at radius 3 is 2.57 bits per heavy atom. The van der Waals surface area contributed by atoms with Crippen molar-refractivity contribution >= 4 is 11.9 Å². The lowest BCUT2D eigenvalue weighted by Gasteiger charge is -2.19. The zero-order chi connectivity index (χ0) is 10.8. The molecule has 80 valence electrons. The summed E-state index contributed by atoms with van der Waals surface area (Å²) >= 11 is 0. The van der Waals surface area contributed by atoms with Gasteiger partial charge in [0, 0.05) is 6.54 Å². The van der Waals surface area contributed by atoms with Crippen molar-refractivity contribution in [2.75, 3.05) is 19.7 Å². The number of rotatable bonds is 0. The SMILES string of the molecule is O=C1CCN(C(=O)C(F)(F)F)CCO1. The minimum absolute atomic E-state index is 0.180. The van der Waals surface area contributed by atoms with Crippen molar-refractivity contribution in [3.8, 4) is 0 Å². The van der Waals surface area contributed by atoms with E-state index in [1.54, 1.807) is 0 Å². The third-order valence-corrected chi connectivity index (χ3v) is 1.74. The Hall–Kier alpha value is -1.27. The Morgan fingerprint density at radius 1 is 1.36 bits per heavy atom. The zero-order valence-electron chi connectivity index (χ0n) is 7.13. The number of carbonyl (C=O) groups excluding carboxylic acids is 2. The monoisotopic (exact) mass is 211 g/mol. The Labute approximate surface area is 77.6 Å². The van der Waals surface area contributed by atoms with Gasteiger partial charge in [-0.3, -0.25) is 9.59 Å². The molecule has 1 saturated heterocycles. The maximum Gasteiger partial charge on any atom is 0.471 e. The molecule has 4 nitrogen and oxygen atoms in total. The molecule has 0 saturated carbocycles. The Morgan fingerprint density at radius 2 is 2.00 bits per heavy atom. The van der Waals surface area contributed by atoms with Gasteiger partial charge >= 0.3 is 18.1 Å². The third-order valence-electron chi connectivity index (χ3n) is 1.74. The van der Waals surface area contributed by atoms with Crippen molar-refractivity contribution in [1.82, 2.24) is 4.90 Å². The first-order chi connectivity index (χ1) is 6.41. The van der Waals surface area contributed by atoms with Gasteiger partial charge in [-0.2, -0.15) is 13.2 Å². The lowest BCUT2D eigenvalue weighted by molar-refractivity contribution is -0.185. The van der Waals surface area contributed by atoms with Gasteiger partial charge in [0.1, 0.15) is 6.61 Å². The molecule has 0 bridgehead atoms. The molecule has 1 aliphatic rings. The number of carbonyl (C=O) groups is 2. The molecular formula is C7H8F3NO3. The van der Waals surface area contributed by atoms with Gasteiger partial charge in [0.15, 0.2) is 0 Å². The molecule has 0 spiro atoms. The van der Waals surface area contributed by atoms with Crippen LogP contribution in [0.4, 0.5) is 13.2 Å². The second kappa shape index (κ2) is 3.85. The van der Waals surface area contributed by atoms with Crippen molar-refractivity contribution in [2.24, 2.45) is 0 Å². The van der Waals surface area contributed by atoms with Crippen molar-refractivity contribution in [2.45, 2.75) is 12.6 Å². The molecule has 0 radical (unpaired) electrons. The standard InChI is InChI=1S/C7H8F3NO3/c8-7(9,10)6(13)11-2-1-5(12)14-4-3-11/h1-4H2.